The van der Waals surface area contributed by atoms with E-state index in [2.05, 4.69) is 21.2 Å². The minimum Gasteiger partial charge on any atom is -0.398 e. The number of hydrogen-bond acceptors (Lipinski definition) is 2. The molecule has 19 heavy (non-hydrogen) atoms. The monoisotopic (exact) mass is 318 g/mol. The molecule has 0 bridgehead atoms. The summed E-state index contributed by atoms with van der Waals surface area (Å²) in [5.41, 5.74) is 8.92. The highest BCUT2D eigenvalue weighted by Gasteiger charge is 2.10. The number of nitrogens with two attached hydrogens (primary N) is 1. The Bertz CT molecular complexity index is 611. The Morgan fingerprint density at radius 2 is 2.00 bits per heavy atom. The topological polar surface area (TPSA) is 55.1 Å². The molecule has 0 fully saturated rings. The van der Waals surface area contributed by atoms with Crippen LogP contribution in [0.15, 0.2) is 46.9 Å². The van der Waals surface area contributed by atoms with Gasteiger partial charge in [-0.05, 0) is 36.2 Å². The molecule has 0 saturated heterocycles. The van der Waals surface area contributed by atoms with Gasteiger partial charge in [0.05, 0.1) is 5.56 Å². The predicted octanol–water partition coefficient (Wildman–Crippen LogP) is 3.27. The smallest absolute Gasteiger partial charge is 0.253 e. The van der Waals surface area contributed by atoms with Gasteiger partial charge in [-0.25, -0.2) is 0 Å². The molecule has 98 valence electrons. The van der Waals surface area contributed by atoms with E-state index < -0.39 is 0 Å². The lowest BCUT2D eigenvalue weighted by molar-refractivity contribution is 0.0951. The third-order valence-corrected chi connectivity index (χ3v) is 3.40. The van der Waals surface area contributed by atoms with Crippen molar-refractivity contribution in [3.05, 3.63) is 63.6 Å². The number of anilines is 1. The zero-order valence-electron chi connectivity index (χ0n) is 10.6. The quantitative estimate of drug-likeness (QED) is 0.853. The first-order valence-corrected chi connectivity index (χ1v) is 6.75. The minimum absolute atomic E-state index is 0.152. The number of para-hydroxylation sites is 1. The van der Waals surface area contributed by atoms with Crippen LogP contribution in [0.2, 0.25) is 0 Å². The molecule has 1 amide bonds. The number of amides is 1. The molecule has 0 aliphatic carbocycles. The Morgan fingerprint density at radius 3 is 2.74 bits per heavy atom. The number of halogens is 1. The van der Waals surface area contributed by atoms with Crippen molar-refractivity contribution in [2.24, 2.45) is 0 Å². The van der Waals surface area contributed by atoms with Crippen LogP contribution >= 0.6 is 15.9 Å². The van der Waals surface area contributed by atoms with Gasteiger partial charge >= 0.3 is 0 Å². The van der Waals surface area contributed by atoms with Gasteiger partial charge in [-0.3, -0.25) is 4.79 Å². The Labute approximate surface area is 121 Å². The van der Waals surface area contributed by atoms with Crippen LogP contribution in [0, 0.1) is 6.92 Å². The van der Waals surface area contributed by atoms with Crippen LogP contribution in [0.25, 0.3) is 0 Å². The van der Waals surface area contributed by atoms with E-state index in [9.17, 15) is 4.79 Å². The van der Waals surface area contributed by atoms with Crippen molar-refractivity contribution in [1.82, 2.24) is 5.32 Å². The van der Waals surface area contributed by atoms with Gasteiger partial charge in [-0.15, -0.1) is 0 Å². The molecule has 0 aromatic heterocycles. The summed E-state index contributed by atoms with van der Waals surface area (Å²) in [6.45, 7) is 2.37. The molecule has 2 aromatic rings. The zero-order chi connectivity index (χ0) is 13.8. The van der Waals surface area contributed by atoms with Crippen molar-refractivity contribution in [1.29, 1.82) is 0 Å². The number of hydrogen-bond donors (Lipinski definition) is 2. The summed E-state index contributed by atoms with van der Waals surface area (Å²) in [6.07, 6.45) is 0. The Balaban J connectivity index is 2.08. The predicted molar refractivity (Wildman–Crippen MR) is 80.9 cm³/mol. The molecule has 0 saturated carbocycles. The summed E-state index contributed by atoms with van der Waals surface area (Å²) in [5.74, 6) is -0.152. The van der Waals surface area contributed by atoms with Crippen LogP contribution in [-0.2, 0) is 6.54 Å². The Hall–Kier alpha value is -1.81. The number of benzene rings is 2. The number of nitrogens with one attached hydrogen (secondary N) is 1. The van der Waals surface area contributed by atoms with Crippen molar-refractivity contribution < 1.29 is 4.79 Å². The molecule has 0 heterocycles. The first kappa shape index (κ1) is 13.6. The lowest BCUT2D eigenvalue weighted by Crippen LogP contribution is -2.24. The Morgan fingerprint density at radius 1 is 1.26 bits per heavy atom. The molecule has 4 heteroatoms. The fourth-order valence-electron chi connectivity index (χ4n) is 1.80. The highest BCUT2D eigenvalue weighted by molar-refractivity contribution is 9.10. The molecule has 3 nitrogen and oxygen atoms in total. The van der Waals surface area contributed by atoms with E-state index in [1.165, 1.54) is 0 Å². The van der Waals surface area contributed by atoms with Gasteiger partial charge in [-0.1, -0.05) is 40.2 Å². The molecule has 2 rings (SSSR count). The summed E-state index contributed by atoms with van der Waals surface area (Å²) in [4.78, 5) is 12.1. The Kier molecular flexibility index (Phi) is 4.22. The van der Waals surface area contributed by atoms with Crippen molar-refractivity contribution in [3.8, 4) is 0 Å². The van der Waals surface area contributed by atoms with Gasteiger partial charge in [0, 0.05) is 16.7 Å². The van der Waals surface area contributed by atoms with Crippen LogP contribution in [0.4, 0.5) is 5.69 Å². The number of carbonyl (C=O) groups is 1. The van der Waals surface area contributed by atoms with Crippen LogP contribution in [0.1, 0.15) is 21.5 Å². The van der Waals surface area contributed by atoms with Crippen molar-refractivity contribution >= 4 is 27.5 Å². The average Bonchev–Trinajstić information content (AvgIpc) is 2.39. The van der Waals surface area contributed by atoms with Crippen molar-refractivity contribution in [2.75, 3.05) is 5.73 Å². The van der Waals surface area contributed by atoms with Gasteiger partial charge < -0.3 is 11.1 Å². The molecule has 2 aromatic carbocycles. The van der Waals surface area contributed by atoms with Gasteiger partial charge in [-0.2, -0.15) is 0 Å². The van der Waals surface area contributed by atoms with Gasteiger partial charge in [0.25, 0.3) is 5.91 Å². The van der Waals surface area contributed by atoms with Gasteiger partial charge in [0.2, 0.25) is 0 Å². The van der Waals surface area contributed by atoms with Crippen LogP contribution in [-0.4, -0.2) is 5.91 Å². The number of nitrogen functional groups attached to an aromatic ring is 1. The van der Waals surface area contributed by atoms with Crippen LogP contribution in [0.3, 0.4) is 0 Å². The average molecular weight is 319 g/mol. The number of carbonyl (C=O) groups excluding carboxylic acids is 1. The summed E-state index contributed by atoms with van der Waals surface area (Å²) in [5, 5.41) is 2.87. The van der Waals surface area contributed by atoms with Crippen molar-refractivity contribution in [2.45, 2.75) is 13.5 Å². The van der Waals surface area contributed by atoms with Gasteiger partial charge in [0.1, 0.15) is 0 Å². The van der Waals surface area contributed by atoms with Crippen molar-refractivity contribution in [3.63, 3.8) is 0 Å². The molecular formula is C15H15BrN2O. The first-order valence-electron chi connectivity index (χ1n) is 5.95. The molecule has 0 spiro atoms. The molecule has 0 unspecified atom stereocenters. The largest absolute Gasteiger partial charge is 0.398 e. The van der Waals surface area contributed by atoms with E-state index in [1.807, 2.05) is 43.3 Å². The standard InChI is InChI=1S/C15H15BrN2O/c1-10-4-2-7-13(14(10)17)15(19)18-9-11-5-3-6-12(16)8-11/h2-8H,9,17H2,1H3,(H,18,19). The maximum atomic E-state index is 12.1. The second-order valence-electron chi connectivity index (χ2n) is 4.35. The van der Waals surface area contributed by atoms with Gasteiger partial charge in [0.15, 0.2) is 0 Å². The zero-order valence-corrected chi connectivity index (χ0v) is 12.2. The fraction of sp³-hybridized carbons (Fsp3) is 0.133. The second-order valence-corrected chi connectivity index (χ2v) is 5.26. The third kappa shape index (κ3) is 3.35. The second kappa shape index (κ2) is 5.89. The summed E-state index contributed by atoms with van der Waals surface area (Å²) < 4.78 is 0.995. The van der Waals surface area contributed by atoms with E-state index in [-0.39, 0.29) is 5.91 Å². The molecule has 0 aliphatic heterocycles. The third-order valence-electron chi connectivity index (χ3n) is 2.91. The maximum Gasteiger partial charge on any atom is 0.253 e. The van der Waals surface area contributed by atoms with E-state index in [0.29, 0.717) is 17.8 Å². The normalized spacial score (nSPS) is 10.2. The molecule has 0 radical (unpaired) electrons. The van der Waals surface area contributed by atoms with E-state index in [4.69, 9.17) is 5.73 Å². The first-order chi connectivity index (χ1) is 9.08. The number of aryl methyl sites for hydroxylation is 1. The fourth-order valence-corrected chi connectivity index (χ4v) is 2.25. The molecular weight excluding hydrogens is 304 g/mol. The number of rotatable bonds is 3. The molecule has 0 atom stereocenters. The highest BCUT2D eigenvalue weighted by atomic mass is 79.9. The van der Waals surface area contributed by atoms with Crippen LogP contribution < -0.4 is 11.1 Å². The summed E-state index contributed by atoms with van der Waals surface area (Å²) >= 11 is 3.40. The maximum absolute atomic E-state index is 12.1. The lowest BCUT2D eigenvalue weighted by atomic mass is 10.1. The SMILES string of the molecule is Cc1cccc(C(=O)NCc2cccc(Br)c2)c1N. The van der Waals surface area contributed by atoms with E-state index in [1.54, 1.807) is 6.07 Å². The highest BCUT2D eigenvalue weighted by Crippen LogP contribution is 2.16. The van der Waals surface area contributed by atoms with Crippen LogP contribution in [0.5, 0.6) is 0 Å². The summed E-state index contributed by atoms with van der Waals surface area (Å²) in [7, 11) is 0. The van der Waals surface area contributed by atoms with E-state index in [0.717, 1.165) is 15.6 Å². The molecule has 3 N–H and O–H groups in total. The molecule has 0 aliphatic rings. The van der Waals surface area contributed by atoms with E-state index >= 15 is 0 Å². The lowest BCUT2D eigenvalue weighted by Gasteiger charge is -2.09. The minimum atomic E-state index is -0.152. The summed E-state index contributed by atoms with van der Waals surface area (Å²) in [6, 6.07) is 13.3.